The fraction of sp³-hybridized carbons (Fsp3) is 0.391. The number of nitrogens with one attached hydrogen (secondary N) is 1. The lowest BCUT2D eigenvalue weighted by Crippen LogP contribution is -2.09. The van der Waals surface area contributed by atoms with E-state index in [1.54, 1.807) is 21.3 Å². The van der Waals surface area contributed by atoms with Crippen molar-refractivity contribution in [2.75, 3.05) is 66.3 Å². The summed E-state index contributed by atoms with van der Waals surface area (Å²) in [4.78, 5) is 8.81. The first-order valence-corrected chi connectivity index (χ1v) is 10.3. The number of methoxy groups -OCH3 is 3. The molecule has 0 radical (unpaired) electrons. The summed E-state index contributed by atoms with van der Waals surface area (Å²) in [7, 11) is 4.90. The molecule has 0 amide bonds. The number of fused-ring (bicyclic) bond motifs is 1. The summed E-state index contributed by atoms with van der Waals surface area (Å²) < 4.78 is 32.5. The Hall–Kier alpha value is -3.14. The van der Waals surface area contributed by atoms with Crippen molar-refractivity contribution in [3.05, 3.63) is 42.7 Å². The summed E-state index contributed by atoms with van der Waals surface area (Å²) in [5, 5.41) is 4.14. The lowest BCUT2D eigenvalue weighted by atomic mass is 10.2. The van der Waals surface area contributed by atoms with Crippen LogP contribution in [0.3, 0.4) is 0 Å². The van der Waals surface area contributed by atoms with Gasteiger partial charge in [-0.05, 0) is 30.3 Å². The summed E-state index contributed by atoms with van der Waals surface area (Å²) in [6.07, 6.45) is 1.51. The summed E-state index contributed by atoms with van der Waals surface area (Å²) in [5.41, 5.74) is 1.60. The Morgan fingerprint density at radius 2 is 1.28 bits per heavy atom. The van der Waals surface area contributed by atoms with Crippen molar-refractivity contribution in [2.24, 2.45) is 0 Å². The van der Waals surface area contributed by atoms with E-state index in [9.17, 15) is 0 Å². The van der Waals surface area contributed by atoms with E-state index in [-0.39, 0.29) is 0 Å². The smallest absolute Gasteiger partial charge is 0.163 e. The molecular formula is C23H29N3O6. The van der Waals surface area contributed by atoms with Crippen molar-refractivity contribution in [2.45, 2.75) is 0 Å². The minimum absolute atomic E-state index is 0.392. The maximum Gasteiger partial charge on any atom is 0.163 e. The SMILES string of the molecule is COCCOc1ccc(Nc2ncnc3cc(OCCOC)c(OCCOC)cc23)cc1. The normalized spacial score (nSPS) is 10.8. The zero-order valence-corrected chi connectivity index (χ0v) is 18.6. The number of ether oxygens (including phenoxy) is 6. The van der Waals surface area contributed by atoms with Crippen LogP contribution in [0.15, 0.2) is 42.7 Å². The molecule has 1 heterocycles. The van der Waals surface area contributed by atoms with Crippen LogP contribution in [-0.2, 0) is 14.2 Å². The quantitative estimate of drug-likeness (QED) is 0.376. The number of hydrogen-bond donors (Lipinski definition) is 1. The van der Waals surface area contributed by atoms with Crippen molar-refractivity contribution in [1.29, 1.82) is 0 Å². The van der Waals surface area contributed by atoms with Crippen LogP contribution in [0.4, 0.5) is 11.5 Å². The molecule has 1 aromatic heterocycles. The predicted octanol–water partition coefficient (Wildman–Crippen LogP) is 3.45. The second-order valence-electron chi connectivity index (χ2n) is 6.71. The number of nitrogens with zero attached hydrogens (tertiary/aromatic N) is 2. The molecule has 32 heavy (non-hydrogen) atoms. The van der Waals surface area contributed by atoms with E-state index in [0.29, 0.717) is 57.0 Å². The summed E-state index contributed by atoms with van der Waals surface area (Å²) in [5.74, 6) is 2.60. The fourth-order valence-corrected chi connectivity index (χ4v) is 2.87. The van der Waals surface area contributed by atoms with Crippen molar-refractivity contribution in [1.82, 2.24) is 9.97 Å². The minimum atomic E-state index is 0.392. The fourth-order valence-electron chi connectivity index (χ4n) is 2.87. The molecule has 2 aromatic carbocycles. The Kier molecular flexibility index (Phi) is 9.30. The number of hydrogen-bond acceptors (Lipinski definition) is 9. The monoisotopic (exact) mass is 443 g/mol. The van der Waals surface area contributed by atoms with Crippen LogP contribution in [-0.4, -0.2) is 70.9 Å². The van der Waals surface area contributed by atoms with Gasteiger partial charge in [0.1, 0.15) is 37.7 Å². The Morgan fingerprint density at radius 1 is 0.688 bits per heavy atom. The molecule has 0 aliphatic heterocycles. The van der Waals surface area contributed by atoms with Gasteiger partial charge >= 0.3 is 0 Å². The van der Waals surface area contributed by atoms with Crippen LogP contribution >= 0.6 is 0 Å². The molecule has 9 heteroatoms. The van der Waals surface area contributed by atoms with Gasteiger partial charge in [-0.25, -0.2) is 9.97 Å². The standard InChI is InChI=1S/C23H29N3O6/c1-27-8-11-30-18-6-4-17(5-7-18)26-23-19-14-21(31-12-9-28-2)22(32-13-10-29-3)15-20(19)24-16-25-23/h4-7,14-16H,8-13H2,1-3H3,(H,24,25,26). The highest BCUT2D eigenvalue weighted by atomic mass is 16.5. The zero-order chi connectivity index (χ0) is 22.6. The third-order valence-electron chi connectivity index (χ3n) is 4.46. The Bertz CT molecular complexity index is 968. The lowest BCUT2D eigenvalue weighted by Gasteiger charge is -2.15. The van der Waals surface area contributed by atoms with Crippen LogP contribution in [0.25, 0.3) is 10.9 Å². The van der Waals surface area contributed by atoms with Gasteiger partial charge in [0.05, 0.1) is 25.3 Å². The van der Waals surface area contributed by atoms with Crippen molar-refractivity contribution in [3.8, 4) is 17.2 Å². The van der Waals surface area contributed by atoms with E-state index in [1.165, 1.54) is 6.33 Å². The van der Waals surface area contributed by atoms with Gasteiger partial charge in [-0.3, -0.25) is 0 Å². The van der Waals surface area contributed by atoms with Gasteiger partial charge in [0.25, 0.3) is 0 Å². The number of rotatable bonds is 14. The van der Waals surface area contributed by atoms with Gasteiger partial charge in [-0.15, -0.1) is 0 Å². The van der Waals surface area contributed by atoms with Crippen molar-refractivity contribution >= 4 is 22.4 Å². The maximum atomic E-state index is 5.88. The van der Waals surface area contributed by atoms with Crippen molar-refractivity contribution in [3.63, 3.8) is 0 Å². The Morgan fingerprint density at radius 3 is 1.91 bits per heavy atom. The first-order chi connectivity index (χ1) is 15.7. The first-order valence-electron chi connectivity index (χ1n) is 10.3. The largest absolute Gasteiger partial charge is 0.491 e. The summed E-state index contributed by atoms with van der Waals surface area (Å²) >= 11 is 0. The van der Waals surface area contributed by atoms with E-state index in [0.717, 1.165) is 22.3 Å². The molecule has 0 atom stereocenters. The van der Waals surface area contributed by atoms with E-state index in [1.807, 2.05) is 36.4 Å². The molecule has 0 saturated heterocycles. The Balaban J connectivity index is 1.82. The maximum absolute atomic E-state index is 5.88. The molecule has 0 unspecified atom stereocenters. The summed E-state index contributed by atoms with van der Waals surface area (Å²) in [6, 6.07) is 11.3. The van der Waals surface area contributed by atoms with E-state index >= 15 is 0 Å². The third kappa shape index (κ3) is 6.68. The molecule has 9 nitrogen and oxygen atoms in total. The molecule has 172 valence electrons. The summed E-state index contributed by atoms with van der Waals surface area (Å²) in [6.45, 7) is 2.77. The molecule has 0 saturated carbocycles. The second kappa shape index (κ2) is 12.7. The molecule has 0 spiro atoms. The van der Waals surface area contributed by atoms with E-state index < -0.39 is 0 Å². The van der Waals surface area contributed by atoms with Crippen LogP contribution < -0.4 is 19.5 Å². The minimum Gasteiger partial charge on any atom is -0.491 e. The van der Waals surface area contributed by atoms with Gasteiger partial charge in [0.2, 0.25) is 0 Å². The van der Waals surface area contributed by atoms with Gasteiger partial charge < -0.3 is 33.7 Å². The lowest BCUT2D eigenvalue weighted by molar-refractivity contribution is 0.132. The number of anilines is 2. The molecule has 3 rings (SSSR count). The highest BCUT2D eigenvalue weighted by Crippen LogP contribution is 2.35. The molecular weight excluding hydrogens is 414 g/mol. The number of benzene rings is 2. The molecule has 3 aromatic rings. The molecule has 0 aliphatic rings. The third-order valence-corrected chi connectivity index (χ3v) is 4.46. The Labute approximate surface area is 187 Å². The second-order valence-corrected chi connectivity index (χ2v) is 6.71. The van der Waals surface area contributed by atoms with Gasteiger partial charge in [0, 0.05) is 38.5 Å². The van der Waals surface area contributed by atoms with Crippen LogP contribution in [0.1, 0.15) is 0 Å². The molecule has 0 bridgehead atoms. The highest BCUT2D eigenvalue weighted by Gasteiger charge is 2.13. The molecule has 0 fully saturated rings. The molecule has 1 N–H and O–H groups in total. The van der Waals surface area contributed by atoms with E-state index in [2.05, 4.69) is 15.3 Å². The van der Waals surface area contributed by atoms with Crippen LogP contribution in [0.2, 0.25) is 0 Å². The topological polar surface area (TPSA) is 93.2 Å². The highest BCUT2D eigenvalue weighted by molar-refractivity contribution is 5.93. The van der Waals surface area contributed by atoms with Gasteiger partial charge in [-0.1, -0.05) is 0 Å². The number of aromatic nitrogens is 2. The average Bonchev–Trinajstić information content (AvgIpc) is 2.81. The van der Waals surface area contributed by atoms with Gasteiger partial charge in [-0.2, -0.15) is 0 Å². The van der Waals surface area contributed by atoms with Crippen LogP contribution in [0.5, 0.6) is 17.2 Å². The average molecular weight is 444 g/mol. The van der Waals surface area contributed by atoms with Gasteiger partial charge in [0.15, 0.2) is 11.5 Å². The van der Waals surface area contributed by atoms with Crippen molar-refractivity contribution < 1.29 is 28.4 Å². The predicted molar refractivity (Wildman–Crippen MR) is 121 cm³/mol. The van der Waals surface area contributed by atoms with E-state index in [4.69, 9.17) is 28.4 Å². The molecule has 0 aliphatic carbocycles. The zero-order valence-electron chi connectivity index (χ0n) is 18.6. The van der Waals surface area contributed by atoms with Crippen LogP contribution in [0, 0.1) is 0 Å². The first kappa shape index (κ1) is 23.5.